The molecule has 0 aromatic heterocycles. The Balaban J connectivity index is 2.69. The van der Waals surface area contributed by atoms with Crippen LogP contribution in [0.15, 0.2) is 24.3 Å². The summed E-state index contributed by atoms with van der Waals surface area (Å²) in [4.78, 5) is 11.6. The first-order valence-electron chi connectivity index (χ1n) is 5.86. The zero-order chi connectivity index (χ0) is 12.7. The quantitative estimate of drug-likeness (QED) is 0.609. The first-order chi connectivity index (χ1) is 8.17. The first kappa shape index (κ1) is 13.4. The van der Waals surface area contributed by atoms with Crippen molar-refractivity contribution in [2.24, 2.45) is 0 Å². The van der Waals surface area contributed by atoms with Crippen molar-refractivity contribution in [3.63, 3.8) is 0 Å². The maximum atomic E-state index is 11.6. The van der Waals surface area contributed by atoms with Crippen LogP contribution in [0.25, 0.3) is 0 Å². The van der Waals surface area contributed by atoms with E-state index in [-0.39, 0.29) is 5.97 Å². The molecule has 0 amide bonds. The minimum Gasteiger partial charge on any atom is -0.479 e. The average molecular weight is 237 g/mol. The van der Waals surface area contributed by atoms with E-state index in [9.17, 15) is 4.79 Å². The molecule has 1 rings (SSSR count). The van der Waals surface area contributed by atoms with Crippen molar-refractivity contribution in [3.05, 3.63) is 24.3 Å². The number of anilines is 1. The largest absolute Gasteiger partial charge is 0.479 e. The van der Waals surface area contributed by atoms with E-state index in [0.29, 0.717) is 24.5 Å². The molecule has 0 saturated carbocycles. The van der Waals surface area contributed by atoms with Gasteiger partial charge >= 0.3 is 5.97 Å². The zero-order valence-corrected chi connectivity index (χ0v) is 10.3. The fraction of sp³-hybridized carbons (Fsp3) is 0.462. The van der Waals surface area contributed by atoms with Gasteiger partial charge in [0.05, 0.1) is 6.61 Å². The molecule has 0 aliphatic rings. The molecule has 1 aromatic rings. The van der Waals surface area contributed by atoms with E-state index in [1.807, 2.05) is 6.92 Å². The lowest BCUT2D eigenvalue weighted by Crippen LogP contribution is -2.29. The van der Waals surface area contributed by atoms with Crippen molar-refractivity contribution in [2.45, 2.75) is 32.8 Å². The van der Waals surface area contributed by atoms with Crippen molar-refractivity contribution >= 4 is 11.7 Å². The summed E-state index contributed by atoms with van der Waals surface area (Å²) in [5.74, 6) is 0.272. The molecular formula is C13H19NO3. The number of benzene rings is 1. The lowest BCUT2D eigenvalue weighted by molar-refractivity contribution is -0.151. The Morgan fingerprint density at radius 1 is 1.41 bits per heavy atom. The van der Waals surface area contributed by atoms with E-state index in [0.717, 1.165) is 6.42 Å². The van der Waals surface area contributed by atoms with E-state index in [1.54, 1.807) is 31.2 Å². The summed E-state index contributed by atoms with van der Waals surface area (Å²) in [7, 11) is 0. The number of carbonyl (C=O) groups excluding carboxylic acids is 1. The van der Waals surface area contributed by atoms with Gasteiger partial charge < -0.3 is 15.2 Å². The molecule has 2 N–H and O–H groups in total. The van der Waals surface area contributed by atoms with Crippen LogP contribution >= 0.6 is 0 Å². The van der Waals surface area contributed by atoms with E-state index in [2.05, 4.69) is 0 Å². The van der Waals surface area contributed by atoms with E-state index in [1.165, 1.54) is 0 Å². The SMILES string of the molecule is CCCC(Oc1cccc(N)c1)C(=O)OCC. The molecule has 17 heavy (non-hydrogen) atoms. The maximum absolute atomic E-state index is 11.6. The molecule has 0 bridgehead atoms. The Bertz CT molecular complexity index is 365. The summed E-state index contributed by atoms with van der Waals surface area (Å²) >= 11 is 0. The molecule has 4 heteroatoms. The molecule has 0 saturated heterocycles. The molecule has 0 radical (unpaired) electrons. The molecule has 1 atom stereocenters. The highest BCUT2D eigenvalue weighted by molar-refractivity contribution is 5.75. The second-order valence-corrected chi connectivity index (χ2v) is 3.72. The average Bonchev–Trinajstić information content (AvgIpc) is 2.29. The number of ether oxygens (including phenoxy) is 2. The highest BCUT2D eigenvalue weighted by Crippen LogP contribution is 2.18. The topological polar surface area (TPSA) is 61.5 Å². The summed E-state index contributed by atoms with van der Waals surface area (Å²) in [6, 6.07) is 7.03. The lowest BCUT2D eigenvalue weighted by atomic mass is 10.2. The number of nitrogens with two attached hydrogens (primary N) is 1. The fourth-order valence-electron chi connectivity index (χ4n) is 1.47. The molecule has 1 aromatic carbocycles. The molecule has 1 unspecified atom stereocenters. The second-order valence-electron chi connectivity index (χ2n) is 3.72. The molecule has 0 spiro atoms. The minimum absolute atomic E-state index is 0.322. The van der Waals surface area contributed by atoms with Crippen LogP contribution < -0.4 is 10.5 Å². The van der Waals surface area contributed by atoms with Crippen molar-refractivity contribution in [1.82, 2.24) is 0 Å². The van der Waals surface area contributed by atoms with Crippen LogP contribution in [0.4, 0.5) is 5.69 Å². The normalized spacial score (nSPS) is 11.9. The summed E-state index contributed by atoms with van der Waals surface area (Å²) in [6.45, 7) is 4.13. The van der Waals surface area contributed by atoms with E-state index < -0.39 is 6.10 Å². The predicted octanol–water partition coefficient (Wildman–Crippen LogP) is 2.38. The molecule has 0 heterocycles. The molecule has 0 fully saturated rings. The number of hydrogen-bond donors (Lipinski definition) is 1. The van der Waals surface area contributed by atoms with Gasteiger partial charge in [0.2, 0.25) is 0 Å². The van der Waals surface area contributed by atoms with Crippen LogP contribution in [0.3, 0.4) is 0 Å². The monoisotopic (exact) mass is 237 g/mol. The van der Waals surface area contributed by atoms with Crippen molar-refractivity contribution in [3.8, 4) is 5.75 Å². The molecule has 94 valence electrons. The summed E-state index contributed by atoms with van der Waals surface area (Å²) < 4.78 is 10.6. The van der Waals surface area contributed by atoms with Crippen LogP contribution in [-0.4, -0.2) is 18.7 Å². The molecule has 0 aliphatic carbocycles. The Hall–Kier alpha value is -1.71. The minimum atomic E-state index is -0.554. The number of nitrogen functional groups attached to an aromatic ring is 1. The highest BCUT2D eigenvalue weighted by Gasteiger charge is 2.20. The van der Waals surface area contributed by atoms with Gasteiger partial charge in [-0.3, -0.25) is 0 Å². The fourth-order valence-corrected chi connectivity index (χ4v) is 1.47. The van der Waals surface area contributed by atoms with E-state index in [4.69, 9.17) is 15.2 Å². The van der Waals surface area contributed by atoms with Gasteiger partial charge in [0.15, 0.2) is 6.10 Å². The third-order valence-corrected chi connectivity index (χ3v) is 2.24. The number of rotatable bonds is 6. The van der Waals surface area contributed by atoms with Gasteiger partial charge in [-0.1, -0.05) is 19.4 Å². The van der Waals surface area contributed by atoms with Crippen molar-refractivity contribution < 1.29 is 14.3 Å². The van der Waals surface area contributed by atoms with Gasteiger partial charge in [-0.05, 0) is 25.5 Å². The Morgan fingerprint density at radius 2 is 2.18 bits per heavy atom. The van der Waals surface area contributed by atoms with Crippen molar-refractivity contribution in [1.29, 1.82) is 0 Å². The van der Waals surface area contributed by atoms with Gasteiger partial charge in [-0.2, -0.15) is 0 Å². The molecule has 0 aliphatic heterocycles. The van der Waals surface area contributed by atoms with Crippen LogP contribution in [0.2, 0.25) is 0 Å². The maximum Gasteiger partial charge on any atom is 0.347 e. The Kier molecular flexibility index (Phi) is 5.33. The summed E-state index contributed by atoms with van der Waals surface area (Å²) in [5, 5.41) is 0. The van der Waals surface area contributed by atoms with Gasteiger partial charge in [-0.25, -0.2) is 4.79 Å². The number of carbonyl (C=O) groups is 1. The van der Waals surface area contributed by atoms with Gasteiger partial charge in [0.25, 0.3) is 0 Å². The highest BCUT2D eigenvalue weighted by atomic mass is 16.6. The second kappa shape index (κ2) is 6.78. The van der Waals surface area contributed by atoms with Crippen LogP contribution in [0, 0.1) is 0 Å². The van der Waals surface area contributed by atoms with Crippen LogP contribution in [0.1, 0.15) is 26.7 Å². The van der Waals surface area contributed by atoms with Crippen LogP contribution in [0.5, 0.6) is 5.75 Å². The molecular weight excluding hydrogens is 218 g/mol. The Labute approximate surface area is 102 Å². The van der Waals surface area contributed by atoms with Crippen molar-refractivity contribution in [2.75, 3.05) is 12.3 Å². The number of esters is 1. The summed E-state index contributed by atoms with van der Waals surface area (Å²) in [5.41, 5.74) is 6.26. The first-order valence-corrected chi connectivity index (χ1v) is 5.86. The third-order valence-electron chi connectivity index (χ3n) is 2.24. The third kappa shape index (κ3) is 4.34. The smallest absolute Gasteiger partial charge is 0.347 e. The standard InChI is InChI=1S/C13H19NO3/c1-3-6-12(13(15)16-4-2)17-11-8-5-7-10(14)9-11/h5,7-9,12H,3-4,6,14H2,1-2H3. The van der Waals surface area contributed by atoms with Gasteiger partial charge in [-0.15, -0.1) is 0 Å². The summed E-state index contributed by atoms with van der Waals surface area (Å²) in [6.07, 6.45) is 0.932. The van der Waals surface area contributed by atoms with Gasteiger partial charge in [0.1, 0.15) is 5.75 Å². The Morgan fingerprint density at radius 3 is 2.76 bits per heavy atom. The molecule has 4 nitrogen and oxygen atoms in total. The number of hydrogen-bond acceptors (Lipinski definition) is 4. The zero-order valence-electron chi connectivity index (χ0n) is 10.3. The van der Waals surface area contributed by atoms with Gasteiger partial charge in [0, 0.05) is 11.8 Å². The van der Waals surface area contributed by atoms with E-state index >= 15 is 0 Å². The lowest BCUT2D eigenvalue weighted by Gasteiger charge is -2.17. The van der Waals surface area contributed by atoms with Crippen LogP contribution in [-0.2, 0) is 9.53 Å². The predicted molar refractivity (Wildman–Crippen MR) is 66.8 cm³/mol.